The van der Waals surface area contributed by atoms with Crippen LogP contribution in [0.25, 0.3) is 11.4 Å². The van der Waals surface area contributed by atoms with Crippen molar-refractivity contribution in [3.63, 3.8) is 0 Å². The first kappa shape index (κ1) is 23.1. The van der Waals surface area contributed by atoms with Crippen LogP contribution in [-0.4, -0.2) is 64.5 Å². The van der Waals surface area contributed by atoms with Gasteiger partial charge in [-0.15, -0.1) is 0 Å². The highest BCUT2D eigenvalue weighted by atomic mass is 32.1. The van der Waals surface area contributed by atoms with Gasteiger partial charge < -0.3 is 14.7 Å². The molecule has 1 unspecified atom stereocenters. The SMILES string of the molecule is Cc1ccc(-c2noc(C(C)N3CCN(C(=O)CCCNC(=O)c4ccsc4)CC3)n2)cc1. The van der Waals surface area contributed by atoms with Gasteiger partial charge in [-0.3, -0.25) is 14.5 Å². The van der Waals surface area contributed by atoms with Crippen LogP contribution in [0.1, 0.15) is 47.6 Å². The van der Waals surface area contributed by atoms with Crippen LogP contribution in [0.2, 0.25) is 0 Å². The molecule has 33 heavy (non-hydrogen) atoms. The Bertz CT molecular complexity index is 1060. The second-order valence-corrected chi connectivity index (χ2v) is 9.07. The lowest BCUT2D eigenvalue weighted by atomic mass is 10.1. The molecule has 1 fully saturated rings. The quantitative estimate of drug-likeness (QED) is 0.510. The van der Waals surface area contributed by atoms with Gasteiger partial charge in [0.25, 0.3) is 5.91 Å². The van der Waals surface area contributed by atoms with E-state index in [2.05, 4.69) is 27.3 Å². The van der Waals surface area contributed by atoms with Crippen LogP contribution in [0, 0.1) is 6.92 Å². The first-order valence-corrected chi connectivity index (χ1v) is 12.2. The predicted octanol–water partition coefficient (Wildman–Crippen LogP) is 3.52. The fourth-order valence-electron chi connectivity index (χ4n) is 3.83. The zero-order valence-electron chi connectivity index (χ0n) is 19.0. The summed E-state index contributed by atoms with van der Waals surface area (Å²) in [6, 6.07) is 9.83. The number of nitrogens with zero attached hydrogens (tertiary/aromatic N) is 4. The molecule has 1 saturated heterocycles. The van der Waals surface area contributed by atoms with Crippen molar-refractivity contribution in [2.45, 2.75) is 32.7 Å². The highest BCUT2D eigenvalue weighted by molar-refractivity contribution is 7.08. The molecule has 1 N–H and O–H groups in total. The van der Waals surface area contributed by atoms with Crippen LogP contribution < -0.4 is 5.32 Å². The Morgan fingerprint density at radius 2 is 1.91 bits per heavy atom. The van der Waals surface area contributed by atoms with Gasteiger partial charge in [-0.1, -0.05) is 35.0 Å². The molecule has 1 aliphatic rings. The molecule has 9 heteroatoms. The third-order valence-electron chi connectivity index (χ3n) is 5.96. The number of carbonyl (C=O) groups excluding carboxylic acids is 2. The van der Waals surface area contributed by atoms with E-state index in [4.69, 9.17) is 4.52 Å². The van der Waals surface area contributed by atoms with E-state index < -0.39 is 0 Å². The summed E-state index contributed by atoms with van der Waals surface area (Å²) in [5.41, 5.74) is 2.79. The summed E-state index contributed by atoms with van der Waals surface area (Å²) < 4.78 is 5.53. The summed E-state index contributed by atoms with van der Waals surface area (Å²) in [5, 5.41) is 10.7. The number of carbonyl (C=O) groups is 2. The lowest BCUT2D eigenvalue weighted by molar-refractivity contribution is -0.133. The second-order valence-electron chi connectivity index (χ2n) is 8.29. The van der Waals surface area contributed by atoms with Gasteiger partial charge in [0.15, 0.2) is 0 Å². The Labute approximate surface area is 197 Å². The molecule has 3 aromatic rings. The molecule has 0 aliphatic carbocycles. The van der Waals surface area contributed by atoms with Crippen LogP contribution in [0.3, 0.4) is 0 Å². The Morgan fingerprint density at radius 1 is 1.15 bits per heavy atom. The Kier molecular flexibility index (Phi) is 7.51. The number of rotatable bonds is 8. The molecule has 8 nitrogen and oxygen atoms in total. The highest BCUT2D eigenvalue weighted by Gasteiger charge is 2.27. The third-order valence-corrected chi connectivity index (χ3v) is 6.64. The number of piperazine rings is 1. The maximum atomic E-state index is 12.6. The summed E-state index contributed by atoms with van der Waals surface area (Å²) in [6.45, 7) is 7.45. The maximum absolute atomic E-state index is 12.6. The molecule has 0 spiro atoms. The minimum absolute atomic E-state index is 0.0127. The van der Waals surface area contributed by atoms with E-state index in [-0.39, 0.29) is 17.9 Å². The summed E-state index contributed by atoms with van der Waals surface area (Å²) >= 11 is 1.49. The van der Waals surface area contributed by atoms with Crippen LogP contribution in [0.5, 0.6) is 0 Å². The summed E-state index contributed by atoms with van der Waals surface area (Å²) in [5.74, 6) is 1.23. The average Bonchev–Trinajstić information content (AvgIpc) is 3.54. The van der Waals surface area contributed by atoms with Crippen LogP contribution in [0.4, 0.5) is 0 Å². The topological polar surface area (TPSA) is 91.6 Å². The number of aromatic nitrogens is 2. The lowest BCUT2D eigenvalue weighted by Crippen LogP contribution is -2.49. The standard InChI is InChI=1S/C24H29N5O3S/c1-17-5-7-19(8-6-17)22-26-24(32-27-22)18(2)28-11-13-29(14-12-28)21(30)4-3-10-25-23(31)20-9-15-33-16-20/h5-9,15-16,18H,3-4,10-14H2,1-2H3,(H,25,31). The Hall–Kier alpha value is -3.04. The van der Waals surface area contributed by atoms with Crippen molar-refractivity contribution >= 4 is 23.2 Å². The van der Waals surface area contributed by atoms with Gasteiger partial charge in [-0.25, -0.2) is 0 Å². The molecule has 1 atom stereocenters. The molecule has 174 valence electrons. The van der Waals surface area contributed by atoms with E-state index in [1.165, 1.54) is 16.9 Å². The zero-order chi connectivity index (χ0) is 23.2. The monoisotopic (exact) mass is 467 g/mol. The summed E-state index contributed by atoms with van der Waals surface area (Å²) in [4.78, 5) is 33.2. The highest BCUT2D eigenvalue weighted by Crippen LogP contribution is 2.24. The number of aryl methyl sites for hydroxylation is 1. The van der Waals surface area contributed by atoms with E-state index in [0.717, 1.165) is 18.7 Å². The van der Waals surface area contributed by atoms with E-state index in [1.54, 1.807) is 6.07 Å². The van der Waals surface area contributed by atoms with Gasteiger partial charge >= 0.3 is 0 Å². The van der Waals surface area contributed by atoms with Gasteiger partial charge in [0.1, 0.15) is 0 Å². The Balaban J connectivity index is 1.20. The van der Waals surface area contributed by atoms with Crippen molar-refractivity contribution < 1.29 is 14.1 Å². The lowest BCUT2D eigenvalue weighted by Gasteiger charge is -2.36. The molecule has 3 heterocycles. The van der Waals surface area contributed by atoms with Crippen LogP contribution >= 0.6 is 11.3 Å². The first-order chi connectivity index (χ1) is 16.0. The summed E-state index contributed by atoms with van der Waals surface area (Å²) in [7, 11) is 0. The van der Waals surface area contributed by atoms with Gasteiger partial charge in [0, 0.05) is 55.7 Å². The minimum atomic E-state index is -0.0853. The van der Waals surface area contributed by atoms with Crippen molar-refractivity contribution in [1.82, 2.24) is 25.3 Å². The van der Waals surface area contributed by atoms with Crippen molar-refractivity contribution in [2.24, 2.45) is 0 Å². The molecule has 4 rings (SSSR count). The average molecular weight is 468 g/mol. The van der Waals surface area contributed by atoms with Crippen LogP contribution in [-0.2, 0) is 4.79 Å². The molecular weight excluding hydrogens is 438 g/mol. The van der Waals surface area contributed by atoms with Crippen molar-refractivity contribution in [1.29, 1.82) is 0 Å². The largest absolute Gasteiger partial charge is 0.352 e. The van der Waals surface area contributed by atoms with Gasteiger partial charge in [-0.05, 0) is 31.7 Å². The number of amides is 2. The fourth-order valence-corrected chi connectivity index (χ4v) is 4.47. The van der Waals surface area contributed by atoms with Crippen molar-refractivity contribution in [3.05, 3.63) is 58.1 Å². The van der Waals surface area contributed by atoms with Crippen LogP contribution in [0.15, 0.2) is 45.6 Å². The van der Waals surface area contributed by atoms with Gasteiger partial charge in [0.05, 0.1) is 6.04 Å². The molecule has 1 aromatic carbocycles. The molecule has 0 saturated carbocycles. The molecule has 0 bridgehead atoms. The summed E-state index contributed by atoms with van der Waals surface area (Å²) in [6.07, 6.45) is 1.07. The smallest absolute Gasteiger partial charge is 0.252 e. The first-order valence-electron chi connectivity index (χ1n) is 11.2. The minimum Gasteiger partial charge on any atom is -0.352 e. The number of nitrogens with one attached hydrogen (secondary N) is 1. The molecule has 0 radical (unpaired) electrons. The molecular formula is C24H29N5O3S. The maximum Gasteiger partial charge on any atom is 0.252 e. The molecule has 2 aromatic heterocycles. The number of thiophene rings is 1. The van der Waals surface area contributed by atoms with E-state index in [0.29, 0.717) is 49.8 Å². The van der Waals surface area contributed by atoms with Gasteiger partial charge in [-0.2, -0.15) is 16.3 Å². The second kappa shape index (κ2) is 10.7. The van der Waals surface area contributed by atoms with Crippen molar-refractivity contribution in [3.8, 4) is 11.4 Å². The van der Waals surface area contributed by atoms with E-state index in [1.807, 2.05) is 46.8 Å². The van der Waals surface area contributed by atoms with E-state index >= 15 is 0 Å². The predicted molar refractivity (Wildman–Crippen MR) is 127 cm³/mol. The normalized spacial score (nSPS) is 15.4. The molecule has 1 aliphatic heterocycles. The number of benzene rings is 1. The van der Waals surface area contributed by atoms with Gasteiger partial charge in [0.2, 0.25) is 17.6 Å². The molecule has 2 amide bonds. The number of hydrogen-bond donors (Lipinski definition) is 1. The van der Waals surface area contributed by atoms with E-state index in [9.17, 15) is 9.59 Å². The third kappa shape index (κ3) is 5.85. The number of hydrogen-bond acceptors (Lipinski definition) is 7. The Morgan fingerprint density at radius 3 is 2.61 bits per heavy atom. The van der Waals surface area contributed by atoms with Crippen molar-refractivity contribution in [2.75, 3.05) is 32.7 Å². The zero-order valence-corrected chi connectivity index (χ0v) is 19.8. The fraction of sp³-hybridized carbons (Fsp3) is 0.417.